The molecule has 2 heterocycles. The number of carbonyl (C=O) groups excluding carboxylic acids is 1. The number of amides is 2. The molecule has 1 atom stereocenters. The van der Waals surface area contributed by atoms with Gasteiger partial charge >= 0.3 is 12.0 Å². The van der Waals surface area contributed by atoms with E-state index in [1.165, 1.54) is 0 Å². The van der Waals surface area contributed by atoms with Gasteiger partial charge in [-0.3, -0.25) is 4.79 Å². The number of aliphatic carboxylic acids is 1. The van der Waals surface area contributed by atoms with Crippen molar-refractivity contribution in [2.24, 2.45) is 7.05 Å². The average Bonchev–Trinajstić information content (AvgIpc) is 2.95. The summed E-state index contributed by atoms with van der Waals surface area (Å²) in [5.41, 5.74) is 0. The SMILES string of the molecule is Cn1cnnc1CNC(=O)N1CCCC1CC(=O)O. The molecule has 0 aliphatic carbocycles. The van der Waals surface area contributed by atoms with Gasteiger partial charge < -0.3 is 19.9 Å². The molecule has 0 saturated carbocycles. The second-order valence-corrected chi connectivity index (χ2v) is 4.60. The number of hydrogen-bond donors (Lipinski definition) is 2. The maximum absolute atomic E-state index is 12.0. The monoisotopic (exact) mass is 267 g/mol. The van der Waals surface area contributed by atoms with Crippen LogP contribution in [0.15, 0.2) is 6.33 Å². The Kier molecular flexibility index (Phi) is 3.98. The van der Waals surface area contributed by atoms with Gasteiger partial charge in [-0.05, 0) is 12.8 Å². The third-order valence-corrected chi connectivity index (χ3v) is 3.25. The standard InChI is InChI=1S/C11H17N5O3/c1-15-7-13-14-9(15)6-12-11(19)16-4-2-3-8(16)5-10(17)18/h7-8H,2-6H2,1H3,(H,12,19)(H,17,18). The minimum atomic E-state index is -0.877. The minimum absolute atomic E-state index is 0.00260. The maximum atomic E-state index is 12.0. The molecule has 0 spiro atoms. The van der Waals surface area contributed by atoms with Crippen LogP contribution in [0.1, 0.15) is 25.1 Å². The van der Waals surface area contributed by atoms with Crippen LogP contribution < -0.4 is 5.32 Å². The number of carbonyl (C=O) groups is 2. The third kappa shape index (κ3) is 3.21. The van der Waals surface area contributed by atoms with Gasteiger partial charge in [0.25, 0.3) is 0 Å². The summed E-state index contributed by atoms with van der Waals surface area (Å²) in [5, 5.41) is 19.1. The van der Waals surface area contributed by atoms with Gasteiger partial charge in [-0.25, -0.2) is 4.79 Å². The first-order valence-corrected chi connectivity index (χ1v) is 6.17. The van der Waals surface area contributed by atoms with E-state index >= 15 is 0 Å². The van der Waals surface area contributed by atoms with Gasteiger partial charge in [0.1, 0.15) is 6.33 Å². The molecule has 2 rings (SSSR count). The van der Waals surface area contributed by atoms with Crippen molar-refractivity contribution < 1.29 is 14.7 Å². The van der Waals surface area contributed by atoms with Crippen molar-refractivity contribution in [1.82, 2.24) is 25.0 Å². The Morgan fingerprint density at radius 1 is 1.58 bits per heavy atom. The van der Waals surface area contributed by atoms with E-state index in [2.05, 4.69) is 15.5 Å². The zero-order chi connectivity index (χ0) is 13.8. The zero-order valence-corrected chi connectivity index (χ0v) is 10.7. The lowest BCUT2D eigenvalue weighted by atomic mass is 10.1. The van der Waals surface area contributed by atoms with Gasteiger partial charge in [0.2, 0.25) is 0 Å². The van der Waals surface area contributed by atoms with E-state index in [0.29, 0.717) is 12.4 Å². The highest BCUT2D eigenvalue weighted by Gasteiger charge is 2.30. The predicted octanol–water partition coefficient (Wildman–Crippen LogP) is -0.0362. The molecule has 2 N–H and O–H groups in total. The quantitative estimate of drug-likeness (QED) is 0.797. The van der Waals surface area contributed by atoms with Crippen LogP contribution in [0.5, 0.6) is 0 Å². The molecule has 1 aromatic rings. The number of nitrogens with zero attached hydrogens (tertiary/aromatic N) is 4. The fourth-order valence-corrected chi connectivity index (χ4v) is 2.24. The number of carboxylic acid groups (broad SMARTS) is 1. The Hall–Kier alpha value is -2.12. The van der Waals surface area contributed by atoms with Crippen LogP contribution in [0, 0.1) is 0 Å². The number of carboxylic acids is 1. The molecule has 1 aromatic heterocycles. The lowest BCUT2D eigenvalue weighted by Gasteiger charge is -2.23. The molecule has 0 bridgehead atoms. The van der Waals surface area contributed by atoms with E-state index in [4.69, 9.17) is 5.11 Å². The number of nitrogens with one attached hydrogen (secondary N) is 1. The number of rotatable bonds is 4. The summed E-state index contributed by atoms with van der Waals surface area (Å²) in [4.78, 5) is 24.3. The van der Waals surface area contributed by atoms with Crippen molar-refractivity contribution in [2.75, 3.05) is 6.54 Å². The summed E-state index contributed by atoms with van der Waals surface area (Å²) in [6.07, 6.45) is 3.14. The number of hydrogen-bond acceptors (Lipinski definition) is 4. The summed E-state index contributed by atoms with van der Waals surface area (Å²) in [6.45, 7) is 0.883. The molecule has 8 heteroatoms. The molecule has 0 aromatic carbocycles. The molecule has 0 radical (unpaired) electrons. The Labute approximate surface area is 110 Å². The van der Waals surface area contributed by atoms with Crippen LogP contribution >= 0.6 is 0 Å². The van der Waals surface area contributed by atoms with E-state index in [9.17, 15) is 9.59 Å². The lowest BCUT2D eigenvalue weighted by Crippen LogP contribution is -2.43. The van der Waals surface area contributed by atoms with E-state index in [-0.39, 0.29) is 25.0 Å². The van der Waals surface area contributed by atoms with Gasteiger partial charge in [-0.15, -0.1) is 10.2 Å². The zero-order valence-electron chi connectivity index (χ0n) is 10.7. The predicted molar refractivity (Wildman–Crippen MR) is 65.2 cm³/mol. The third-order valence-electron chi connectivity index (χ3n) is 3.25. The average molecular weight is 267 g/mol. The van der Waals surface area contributed by atoms with Crippen LogP contribution in [-0.4, -0.2) is 49.4 Å². The Morgan fingerprint density at radius 3 is 3.00 bits per heavy atom. The van der Waals surface area contributed by atoms with Gasteiger partial charge in [-0.2, -0.15) is 0 Å². The molecule has 1 saturated heterocycles. The van der Waals surface area contributed by atoms with Crippen molar-refractivity contribution in [3.05, 3.63) is 12.2 Å². The Morgan fingerprint density at radius 2 is 2.37 bits per heavy atom. The van der Waals surface area contributed by atoms with Gasteiger partial charge in [0, 0.05) is 19.6 Å². The van der Waals surface area contributed by atoms with Crippen molar-refractivity contribution in [1.29, 1.82) is 0 Å². The van der Waals surface area contributed by atoms with E-state index in [1.807, 2.05) is 0 Å². The summed E-state index contributed by atoms with van der Waals surface area (Å²) in [5.74, 6) is -0.222. The summed E-state index contributed by atoms with van der Waals surface area (Å²) < 4.78 is 1.72. The smallest absolute Gasteiger partial charge is 0.318 e. The Bertz CT molecular complexity index is 473. The summed E-state index contributed by atoms with van der Waals surface area (Å²) >= 11 is 0. The first-order chi connectivity index (χ1) is 9.08. The lowest BCUT2D eigenvalue weighted by molar-refractivity contribution is -0.137. The molecule has 1 aliphatic rings. The van der Waals surface area contributed by atoms with Crippen LogP contribution in [0.25, 0.3) is 0 Å². The van der Waals surface area contributed by atoms with Gasteiger partial charge in [-0.1, -0.05) is 0 Å². The van der Waals surface area contributed by atoms with Crippen LogP contribution in [-0.2, 0) is 18.4 Å². The van der Waals surface area contributed by atoms with Crippen molar-refractivity contribution in [3.63, 3.8) is 0 Å². The second kappa shape index (κ2) is 5.68. The number of urea groups is 1. The molecular formula is C11H17N5O3. The molecule has 1 unspecified atom stereocenters. The van der Waals surface area contributed by atoms with Crippen molar-refractivity contribution >= 4 is 12.0 Å². The topological polar surface area (TPSA) is 100 Å². The largest absolute Gasteiger partial charge is 0.481 e. The van der Waals surface area contributed by atoms with E-state index in [1.54, 1.807) is 22.8 Å². The minimum Gasteiger partial charge on any atom is -0.481 e. The molecule has 104 valence electrons. The second-order valence-electron chi connectivity index (χ2n) is 4.60. The molecule has 19 heavy (non-hydrogen) atoms. The Balaban J connectivity index is 1.88. The number of aromatic nitrogens is 3. The summed E-state index contributed by atoms with van der Waals surface area (Å²) in [7, 11) is 1.80. The van der Waals surface area contributed by atoms with Crippen molar-refractivity contribution in [2.45, 2.75) is 31.8 Å². The molecule has 1 fully saturated rings. The molecule has 8 nitrogen and oxygen atoms in total. The van der Waals surface area contributed by atoms with E-state index < -0.39 is 5.97 Å². The number of aryl methyl sites for hydroxylation is 1. The normalized spacial score (nSPS) is 18.6. The molecule has 1 aliphatic heterocycles. The fraction of sp³-hybridized carbons (Fsp3) is 0.636. The van der Waals surface area contributed by atoms with Gasteiger partial charge in [0.15, 0.2) is 5.82 Å². The van der Waals surface area contributed by atoms with Crippen LogP contribution in [0.3, 0.4) is 0 Å². The molecular weight excluding hydrogens is 250 g/mol. The highest BCUT2D eigenvalue weighted by Crippen LogP contribution is 2.20. The highest BCUT2D eigenvalue weighted by molar-refractivity contribution is 5.76. The maximum Gasteiger partial charge on any atom is 0.318 e. The van der Waals surface area contributed by atoms with Crippen LogP contribution in [0.4, 0.5) is 4.79 Å². The fourth-order valence-electron chi connectivity index (χ4n) is 2.24. The first-order valence-electron chi connectivity index (χ1n) is 6.17. The number of likely N-dealkylation sites (tertiary alicyclic amines) is 1. The summed E-state index contributed by atoms with van der Waals surface area (Å²) in [6, 6.07) is -0.455. The molecule has 2 amide bonds. The van der Waals surface area contributed by atoms with Gasteiger partial charge in [0.05, 0.1) is 13.0 Å². The van der Waals surface area contributed by atoms with Crippen LogP contribution in [0.2, 0.25) is 0 Å². The first kappa shape index (κ1) is 13.3. The highest BCUT2D eigenvalue weighted by atomic mass is 16.4. The van der Waals surface area contributed by atoms with Crippen molar-refractivity contribution in [3.8, 4) is 0 Å². The van der Waals surface area contributed by atoms with E-state index in [0.717, 1.165) is 12.8 Å².